The lowest BCUT2D eigenvalue weighted by Gasteiger charge is -2.24. The summed E-state index contributed by atoms with van der Waals surface area (Å²) in [7, 11) is 0. The van der Waals surface area contributed by atoms with Gasteiger partial charge in [0.05, 0.1) is 6.42 Å². The predicted molar refractivity (Wildman–Crippen MR) is 75.7 cm³/mol. The van der Waals surface area contributed by atoms with Gasteiger partial charge in [0.25, 0.3) is 0 Å². The van der Waals surface area contributed by atoms with Gasteiger partial charge in [-0.05, 0) is 26.7 Å². The van der Waals surface area contributed by atoms with E-state index in [4.69, 9.17) is 14.6 Å². The average molecular weight is 301 g/mol. The highest BCUT2D eigenvalue weighted by atomic mass is 16.6. The van der Waals surface area contributed by atoms with Crippen molar-refractivity contribution >= 4 is 18.0 Å². The molecule has 0 aromatic carbocycles. The molecule has 0 aromatic rings. The minimum Gasteiger partial charge on any atom is -0.480 e. The van der Waals surface area contributed by atoms with Crippen LogP contribution in [0.3, 0.4) is 0 Å². The monoisotopic (exact) mass is 301 g/mol. The minimum absolute atomic E-state index is 0.0583. The highest BCUT2D eigenvalue weighted by Crippen LogP contribution is 2.12. The molecule has 0 bridgehead atoms. The number of hydrogen-bond acceptors (Lipinski definition) is 5. The molecule has 2 N–H and O–H groups in total. The van der Waals surface area contributed by atoms with Crippen LogP contribution in [0.1, 0.15) is 34.1 Å². The molecule has 1 amide bonds. The summed E-state index contributed by atoms with van der Waals surface area (Å²) < 4.78 is 9.78. The number of hydrogen-bond donors (Lipinski definition) is 2. The van der Waals surface area contributed by atoms with Crippen LogP contribution in [0.5, 0.6) is 0 Å². The van der Waals surface area contributed by atoms with Crippen LogP contribution < -0.4 is 5.32 Å². The second kappa shape index (κ2) is 8.28. The average Bonchev–Trinajstić information content (AvgIpc) is 2.30. The Morgan fingerprint density at radius 1 is 1.33 bits per heavy atom. The van der Waals surface area contributed by atoms with Crippen molar-refractivity contribution in [2.75, 3.05) is 6.61 Å². The molecule has 0 aliphatic rings. The van der Waals surface area contributed by atoms with Gasteiger partial charge in [0.2, 0.25) is 0 Å². The summed E-state index contributed by atoms with van der Waals surface area (Å²) >= 11 is 0. The first-order chi connectivity index (χ1) is 9.56. The summed E-state index contributed by atoms with van der Waals surface area (Å²) in [6.07, 6.45) is 0.428. The Bertz CT molecular complexity index is 399. The minimum atomic E-state index is -1.25. The van der Waals surface area contributed by atoms with Crippen molar-refractivity contribution in [2.45, 2.75) is 45.8 Å². The van der Waals surface area contributed by atoms with Crippen LogP contribution in [0.15, 0.2) is 12.7 Å². The van der Waals surface area contributed by atoms with Crippen LogP contribution >= 0.6 is 0 Å². The number of esters is 1. The normalized spacial score (nSPS) is 13.7. The Labute approximate surface area is 124 Å². The number of ether oxygens (including phenoxy) is 2. The van der Waals surface area contributed by atoms with Crippen molar-refractivity contribution in [3.8, 4) is 0 Å². The maximum atomic E-state index is 11.6. The Kier molecular flexibility index (Phi) is 7.48. The molecule has 0 aliphatic heterocycles. The van der Waals surface area contributed by atoms with Gasteiger partial charge < -0.3 is 19.9 Å². The fourth-order valence-corrected chi connectivity index (χ4v) is 1.47. The SMILES string of the molecule is C=CCOC(=O)C[C@@H](C)C(NC(=O)OC(C)(C)C)C(=O)O. The van der Waals surface area contributed by atoms with Crippen molar-refractivity contribution in [2.24, 2.45) is 5.92 Å². The molecule has 21 heavy (non-hydrogen) atoms. The standard InChI is InChI=1S/C14H23NO6/c1-6-7-20-10(16)8-9(2)11(12(17)18)15-13(19)21-14(3,4)5/h6,9,11H,1,7-8H2,2-5H3,(H,15,19)(H,17,18)/t9-,11?/m1/s1. The van der Waals surface area contributed by atoms with Gasteiger partial charge in [-0.15, -0.1) is 0 Å². The Balaban J connectivity index is 4.60. The molecule has 0 aromatic heterocycles. The molecule has 0 aliphatic carbocycles. The Hall–Kier alpha value is -2.05. The van der Waals surface area contributed by atoms with E-state index in [1.54, 1.807) is 20.8 Å². The van der Waals surface area contributed by atoms with E-state index in [9.17, 15) is 14.4 Å². The first-order valence-electron chi connectivity index (χ1n) is 6.55. The first-order valence-corrected chi connectivity index (χ1v) is 6.55. The van der Waals surface area contributed by atoms with Gasteiger partial charge in [-0.3, -0.25) is 4.79 Å². The molecule has 0 spiro atoms. The largest absolute Gasteiger partial charge is 0.480 e. The van der Waals surface area contributed by atoms with E-state index in [0.29, 0.717) is 0 Å². The Morgan fingerprint density at radius 2 is 1.90 bits per heavy atom. The summed E-state index contributed by atoms with van der Waals surface area (Å²) in [5.74, 6) is -2.45. The topological polar surface area (TPSA) is 102 Å². The lowest BCUT2D eigenvalue weighted by molar-refractivity contribution is -0.145. The van der Waals surface area contributed by atoms with E-state index in [1.165, 1.54) is 13.0 Å². The van der Waals surface area contributed by atoms with E-state index >= 15 is 0 Å². The van der Waals surface area contributed by atoms with Crippen molar-refractivity contribution < 1.29 is 29.0 Å². The van der Waals surface area contributed by atoms with E-state index in [-0.39, 0.29) is 13.0 Å². The molecular formula is C14H23NO6. The number of carboxylic acid groups (broad SMARTS) is 1. The van der Waals surface area contributed by atoms with Crippen LogP contribution in [0.2, 0.25) is 0 Å². The number of carboxylic acids is 1. The molecule has 0 radical (unpaired) electrons. The van der Waals surface area contributed by atoms with Crippen molar-refractivity contribution in [1.29, 1.82) is 0 Å². The molecule has 7 heteroatoms. The predicted octanol–water partition coefficient (Wildman–Crippen LogP) is 1.72. The second-order valence-corrected chi connectivity index (χ2v) is 5.62. The lowest BCUT2D eigenvalue weighted by Crippen LogP contribution is -2.47. The number of carbonyl (C=O) groups excluding carboxylic acids is 2. The number of carbonyl (C=O) groups is 3. The van der Waals surface area contributed by atoms with E-state index in [1.807, 2.05) is 0 Å². The maximum Gasteiger partial charge on any atom is 0.408 e. The van der Waals surface area contributed by atoms with Gasteiger partial charge in [0.15, 0.2) is 0 Å². The summed E-state index contributed by atoms with van der Waals surface area (Å²) in [6.45, 7) is 9.99. The van der Waals surface area contributed by atoms with Gasteiger partial charge in [0, 0.05) is 0 Å². The zero-order chi connectivity index (χ0) is 16.6. The van der Waals surface area contributed by atoms with Crippen molar-refractivity contribution in [1.82, 2.24) is 5.32 Å². The van der Waals surface area contributed by atoms with Gasteiger partial charge in [0.1, 0.15) is 18.2 Å². The third-order valence-electron chi connectivity index (χ3n) is 2.36. The summed E-state index contributed by atoms with van der Waals surface area (Å²) in [4.78, 5) is 34.3. The van der Waals surface area contributed by atoms with Crippen LogP contribution in [0.4, 0.5) is 4.79 Å². The zero-order valence-corrected chi connectivity index (χ0v) is 12.8. The molecule has 2 atom stereocenters. The van der Waals surface area contributed by atoms with Gasteiger partial charge in [-0.1, -0.05) is 19.6 Å². The summed E-state index contributed by atoms with van der Waals surface area (Å²) in [6, 6.07) is -1.24. The van der Waals surface area contributed by atoms with Crippen LogP contribution in [-0.2, 0) is 19.1 Å². The van der Waals surface area contributed by atoms with Crippen molar-refractivity contribution in [3.05, 3.63) is 12.7 Å². The highest BCUT2D eigenvalue weighted by molar-refractivity contribution is 5.81. The molecule has 0 saturated carbocycles. The number of amides is 1. The van der Waals surface area contributed by atoms with Crippen LogP contribution in [-0.4, -0.2) is 41.4 Å². The van der Waals surface area contributed by atoms with Crippen LogP contribution in [0, 0.1) is 5.92 Å². The lowest BCUT2D eigenvalue weighted by atomic mass is 9.98. The first kappa shape index (κ1) is 18.9. The highest BCUT2D eigenvalue weighted by Gasteiger charge is 2.30. The zero-order valence-electron chi connectivity index (χ0n) is 12.8. The molecular weight excluding hydrogens is 278 g/mol. The van der Waals surface area contributed by atoms with Crippen molar-refractivity contribution in [3.63, 3.8) is 0 Å². The summed E-state index contributed by atoms with van der Waals surface area (Å²) in [5, 5.41) is 11.4. The molecule has 7 nitrogen and oxygen atoms in total. The number of nitrogens with one attached hydrogen (secondary N) is 1. The number of aliphatic carboxylic acids is 1. The third-order valence-corrected chi connectivity index (χ3v) is 2.36. The van der Waals surface area contributed by atoms with Gasteiger partial charge in [-0.25, -0.2) is 9.59 Å². The van der Waals surface area contributed by atoms with E-state index in [2.05, 4.69) is 11.9 Å². The number of rotatable bonds is 7. The smallest absolute Gasteiger partial charge is 0.408 e. The Morgan fingerprint density at radius 3 is 2.33 bits per heavy atom. The molecule has 1 unspecified atom stereocenters. The fraction of sp³-hybridized carbons (Fsp3) is 0.643. The molecule has 0 heterocycles. The third kappa shape index (κ3) is 8.67. The fourth-order valence-electron chi connectivity index (χ4n) is 1.47. The van der Waals surface area contributed by atoms with E-state index < -0.39 is 35.6 Å². The maximum absolute atomic E-state index is 11.6. The molecule has 120 valence electrons. The van der Waals surface area contributed by atoms with E-state index in [0.717, 1.165) is 0 Å². The molecule has 0 fully saturated rings. The molecule has 0 rings (SSSR count). The van der Waals surface area contributed by atoms with Gasteiger partial charge >= 0.3 is 18.0 Å². The van der Waals surface area contributed by atoms with Crippen LogP contribution in [0.25, 0.3) is 0 Å². The van der Waals surface area contributed by atoms with Gasteiger partial charge in [-0.2, -0.15) is 0 Å². The summed E-state index contributed by atoms with van der Waals surface area (Å²) in [5.41, 5.74) is -0.737. The quantitative estimate of drug-likeness (QED) is 0.548. The second-order valence-electron chi connectivity index (χ2n) is 5.62. The molecule has 0 saturated heterocycles. The number of alkyl carbamates (subject to hydrolysis) is 1.